The maximum Gasteiger partial charge on any atom is 0.327 e. The van der Waals surface area contributed by atoms with E-state index in [1.807, 2.05) is 11.8 Å². The molecule has 3 atom stereocenters. The van der Waals surface area contributed by atoms with Crippen molar-refractivity contribution in [2.75, 3.05) is 5.75 Å². The van der Waals surface area contributed by atoms with Crippen LogP contribution >= 0.6 is 11.8 Å². The lowest BCUT2D eigenvalue weighted by Gasteiger charge is -2.15. The van der Waals surface area contributed by atoms with Crippen LogP contribution in [0.3, 0.4) is 0 Å². The second kappa shape index (κ2) is 4.78. The molecule has 0 aromatic rings. The molecule has 0 unspecified atom stereocenters. The van der Waals surface area contributed by atoms with Crippen molar-refractivity contribution < 1.29 is 14.7 Å². The molecular weight excluding hydrogens is 228 g/mol. The Morgan fingerprint density at radius 3 is 3.12 bits per heavy atom. The molecule has 2 rings (SSSR count). The Balaban J connectivity index is 1.78. The van der Waals surface area contributed by atoms with E-state index in [0.29, 0.717) is 5.25 Å². The molecule has 2 heterocycles. The molecule has 0 saturated carbocycles. The van der Waals surface area contributed by atoms with Crippen molar-refractivity contribution in [2.45, 2.75) is 30.2 Å². The quantitative estimate of drug-likeness (QED) is 0.497. The van der Waals surface area contributed by atoms with Gasteiger partial charge >= 0.3 is 12.0 Å². The summed E-state index contributed by atoms with van der Waals surface area (Å²) in [5.41, 5.74) is 0. The zero-order valence-electron chi connectivity index (χ0n) is 8.68. The molecular formula is C10H14N2O3S. The predicted octanol–water partition coefficient (Wildman–Crippen LogP) is 0.573. The summed E-state index contributed by atoms with van der Waals surface area (Å²) in [6, 6.07) is 0.364. The van der Waals surface area contributed by atoms with E-state index in [0.717, 1.165) is 18.6 Å². The number of rotatable bonds is 4. The van der Waals surface area contributed by atoms with Gasteiger partial charge in [-0.05, 0) is 12.8 Å². The van der Waals surface area contributed by atoms with E-state index < -0.39 is 5.97 Å². The van der Waals surface area contributed by atoms with Gasteiger partial charge in [-0.2, -0.15) is 11.8 Å². The van der Waals surface area contributed by atoms with Crippen molar-refractivity contribution in [3.05, 3.63) is 12.2 Å². The number of urea groups is 1. The molecule has 5 nitrogen and oxygen atoms in total. The van der Waals surface area contributed by atoms with Crippen molar-refractivity contribution >= 4 is 23.8 Å². The van der Waals surface area contributed by atoms with E-state index in [2.05, 4.69) is 10.6 Å². The van der Waals surface area contributed by atoms with Gasteiger partial charge in [-0.3, -0.25) is 0 Å². The minimum atomic E-state index is -0.909. The lowest BCUT2D eigenvalue weighted by Crippen LogP contribution is -2.36. The standard InChI is InChI=1S/C10H14N2O3S/c13-8(14)4-2-1-3-7-9-6(5-16-7)11-10(15)12-9/h2,4,6-7,9H,1,3,5H2,(H,13,14)(H2,11,12,15)/b4-2-/t6-,7-,9-/m0/s1. The molecule has 0 aromatic heterocycles. The van der Waals surface area contributed by atoms with E-state index in [4.69, 9.17) is 5.11 Å². The number of carboxylic acids is 1. The molecule has 88 valence electrons. The van der Waals surface area contributed by atoms with Crippen LogP contribution in [0.15, 0.2) is 12.2 Å². The van der Waals surface area contributed by atoms with E-state index in [-0.39, 0.29) is 18.1 Å². The molecule has 6 heteroatoms. The third-order valence-corrected chi connectivity index (χ3v) is 4.33. The highest BCUT2D eigenvalue weighted by atomic mass is 32.2. The van der Waals surface area contributed by atoms with E-state index in [1.165, 1.54) is 6.08 Å². The Morgan fingerprint density at radius 2 is 2.38 bits per heavy atom. The topological polar surface area (TPSA) is 78.4 Å². The molecule has 0 radical (unpaired) electrons. The summed E-state index contributed by atoms with van der Waals surface area (Å²) < 4.78 is 0. The maximum absolute atomic E-state index is 11.1. The van der Waals surface area contributed by atoms with Gasteiger partial charge in [-0.25, -0.2) is 9.59 Å². The number of amides is 2. The van der Waals surface area contributed by atoms with Gasteiger partial charge in [0, 0.05) is 17.1 Å². The molecule has 0 aliphatic carbocycles. The third-order valence-electron chi connectivity index (χ3n) is 2.82. The van der Waals surface area contributed by atoms with E-state index >= 15 is 0 Å². The Hall–Kier alpha value is -1.17. The number of carboxylic acid groups (broad SMARTS) is 1. The number of carbonyl (C=O) groups excluding carboxylic acids is 1. The first kappa shape index (κ1) is 11.3. The average molecular weight is 242 g/mol. The summed E-state index contributed by atoms with van der Waals surface area (Å²) in [6.07, 6.45) is 4.48. The second-order valence-corrected chi connectivity index (χ2v) is 5.21. The Bertz CT molecular complexity index is 332. The van der Waals surface area contributed by atoms with Crippen molar-refractivity contribution in [1.82, 2.24) is 10.6 Å². The maximum atomic E-state index is 11.1. The van der Waals surface area contributed by atoms with Gasteiger partial charge < -0.3 is 15.7 Å². The number of aliphatic carboxylic acids is 1. The number of fused-ring (bicyclic) bond motifs is 1. The zero-order valence-corrected chi connectivity index (χ0v) is 9.50. The first-order valence-corrected chi connectivity index (χ1v) is 6.30. The van der Waals surface area contributed by atoms with Crippen LogP contribution in [0.4, 0.5) is 4.79 Å². The highest BCUT2D eigenvalue weighted by molar-refractivity contribution is 8.00. The third kappa shape index (κ3) is 2.49. The monoisotopic (exact) mass is 242 g/mol. The Kier molecular flexibility index (Phi) is 3.38. The number of carbonyl (C=O) groups is 2. The first-order chi connectivity index (χ1) is 7.66. The van der Waals surface area contributed by atoms with Gasteiger partial charge in [0.15, 0.2) is 0 Å². The Morgan fingerprint density at radius 1 is 1.56 bits per heavy atom. The van der Waals surface area contributed by atoms with Crippen LogP contribution < -0.4 is 10.6 Å². The molecule has 3 N–H and O–H groups in total. The van der Waals surface area contributed by atoms with Crippen LogP contribution in [0, 0.1) is 0 Å². The van der Waals surface area contributed by atoms with Gasteiger partial charge in [0.2, 0.25) is 0 Å². The van der Waals surface area contributed by atoms with Crippen molar-refractivity contribution in [3.8, 4) is 0 Å². The van der Waals surface area contributed by atoms with Crippen LogP contribution in [-0.4, -0.2) is 40.2 Å². The molecule has 2 aliphatic rings. The number of hydrogen-bond donors (Lipinski definition) is 3. The predicted molar refractivity (Wildman–Crippen MR) is 61.5 cm³/mol. The van der Waals surface area contributed by atoms with Crippen LogP contribution in [-0.2, 0) is 4.79 Å². The summed E-state index contributed by atoms with van der Waals surface area (Å²) in [5.74, 6) is 0.0317. The molecule has 2 amide bonds. The minimum Gasteiger partial charge on any atom is -0.478 e. The fraction of sp³-hybridized carbons (Fsp3) is 0.600. The summed E-state index contributed by atoms with van der Waals surface area (Å²) in [4.78, 5) is 21.4. The van der Waals surface area contributed by atoms with Crippen LogP contribution in [0.2, 0.25) is 0 Å². The molecule has 2 fully saturated rings. The molecule has 2 saturated heterocycles. The highest BCUT2D eigenvalue weighted by Crippen LogP contribution is 2.32. The number of allylic oxidation sites excluding steroid dienone is 1. The molecule has 0 spiro atoms. The Labute approximate surface area is 97.7 Å². The minimum absolute atomic E-state index is 0.0821. The van der Waals surface area contributed by atoms with E-state index in [9.17, 15) is 9.59 Å². The zero-order chi connectivity index (χ0) is 11.5. The lowest BCUT2D eigenvalue weighted by atomic mass is 10.0. The molecule has 16 heavy (non-hydrogen) atoms. The summed E-state index contributed by atoms with van der Waals surface area (Å²) in [7, 11) is 0. The average Bonchev–Trinajstić information content (AvgIpc) is 2.72. The van der Waals surface area contributed by atoms with Gasteiger partial charge in [0.05, 0.1) is 12.1 Å². The summed E-state index contributed by atoms with van der Waals surface area (Å²) in [6.45, 7) is 0. The van der Waals surface area contributed by atoms with E-state index in [1.54, 1.807) is 6.08 Å². The first-order valence-electron chi connectivity index (χ1n) is 5.25. The molecule has 2 aliphatic heterocycles. The smallest absolute Gasteiger partial charge is 0.327 e. The SMILES string of the molecule is O=C(O)/C=C\CC[C@@H]1SC[C@@H]2NC(=O)N[C@@H]21. The van der Waals surface area contributed by atoms with Gasteiger partial charge in [-0.1, -0.05) is 6.08 Å². The molecule has 0 bridgehead atoms. The normalized spacial score (nSPS) is 32.5. The van der Waals surface area contributed by atoms with Crippen molar-refractivity contribution in [1.29, 1.82) is 0 Å². The van der Waals surface area contributed by atoms with Crippen molar-refractivity contribution in [2.24, 2.45) is 0 Å². The number of hydrogen-bond acceptors (Lipinski definition) is 3. The molecule has 0 aromatic carbocycles. The van der Waals surface area contributed by atoms with Gasteiger partial charge in [0.25, 0.3) is 0 Å². The number of nitrogens with one attached hydrogen (secondary N) is 2. The summed E-state index contributed by atoms with van der Waals surface area (Å²) >= 11 is 1.84. The van der Waals surface area contributed by atoms with Gasteiger partial charge in [0.1, 0.15) is 0 Å². The summed E-state index contributed by atoms with van der Waals surface area (Å²) in [5, 5.41) is 14.6. The fourth-order valence-electron chi connectivity index (χ4n) is 2.09. The largest absolute Gasteiger partial charge is 0.478 e. The second-order valence-electron chi connectivity index (χ2n) is 3.94. The lowest BCUT2D eigenvalue weighted by molar-refractivity contribution is -0.131. The van der Waals surface area contributed by atoms with Gasteiger partial charge in [-0.15, -0.1) is 0 Å². The van der Waals surface area contributed by atoms with Crippen LogP contribution in [0.5, 0.6) is 0 Å². The number of thioether (sulfide) groups is 1. The fourth-order valence-corrected chi connectivity index (χ4v) is 3.60. The van der Waals surface area contributed by atoms with Crippen molar-refractivity contribution in [3.63, 3.8) is 0 Å². The van der Waals surface area contributed by atoms with Crippen LogP contribution in [0.1, 0.15) is 12.8 Å². The highest BCUT2D eigenvalue weighted by Gasteiger charge is 2.42. The van der Waals surface area contributed by atoms with Crippen LogP contribution in [0.25, 0.3) is 0 Å².